The molecule has 0 radical (unpaired) electrons. The van der Waals surface area contributed by atoms with E-state index in [1.807, 2.05) is 25.6 Å². The number of thioether (sulfide) groups is 1. The number of aliphatic carboxylic acids is 1. The summed E-state index contributed by atoms with van der Waals surface area (Å²) in [6, 6.07) is 0. The molecule has 2 N–H and O–H groups in total. The molecule has 0 saturated heterocycles. The number of hydrogen-bond acceptors (Lipinski definition) is 3. The third-order valence-electron chi connectivity index (χ3n) is 3.89. The quantitative estimate of drug-likeness (QED) is 0.575. The Hall–Kier alpha value is -0.710. The van der Waals surface area contributed by atoms with Gasteiger partial charge in [0.05, 0.1) is 5.41 Å². The minimum atomic E-state index is -0.984. The number of amides is 1. The molecule has 0 spiro atoms. The minimum absolute atomic E-state index is 0.0481. The van der Waals surface area contributed by atoms with Crippen LogP contribution in [0.2, 0.25) is 0 Å². The van der Waals surface area contributed by atoms with Crippen LogP contribution in [0, 0.1) is 11.3 Å². The van der Waals surface area contributed by atoms with Crippen molar-refractivity contribution < 1.29 is 14.7 Å². The molecule has 0 bridgehead atoms. The predicted molar refractivity (Wildman–Crippen MR) is 85.1 cm³/mol. The van der Waals surface area contributed by atoms with E-state index < -0.39 is 11.4 Å². The zero-order chi connectivity index (χ0) is 15.6. The maximum absolute atomic E-state index is 11.8. The summed E-state index contributed by atoms with van der Waals surface area (Å²) >= 11 is 1.86. The molecule has 1 unspecified atom stereocenters. The maximum atomic E-state index is 11.8. The van der Waals surface area contributed by atoms with Gasteiger partial charge in [-0.1, -0.05) is 26.7 Å². The van der Waals surface area contributed by atoms with Crippen LogP contribution in [0.3, 0.4) is 0 Å². The van der Waals surface area contributed by atoms with Crippen LogP contribution in [-0.2, 0) is 9.59 Å². The summed E-state index contributed by atoms with van der Waals surface area (Å²) in [4.78, 5) is 23.1. The van der Waals surface area contributed by atoms with Crippen molar-refractivity contribution in [2.24, 2.45) is 11.3 Å². The smallest absolute Gasteiger partial charge is 0.310 e. The van der Waals surface area contributed by atoms with Crippen molar-refractivity contribution in [2.45, 2.75) is 52.9 Å². The molecule has 0 aliphatic carbocycles. The number of unbranched alkanes of at least 4 members (excludes halogenated alkanes) is 3. The van der Waals surface area contributed by atoms with Gasteiger partial charge in [0.2, 0.25) is 5.91 Å². The summed E-state index contributed by atoms with van der Waals surface area (Å²) < 4.78 is 0. The zero-order valence-electron chi connectivity index (χ0n) is 13.2. The first-order chi connectivity index (χ1) is 9.34. The normalized spacial score (nSPS) is 14.1. The van der Waals surface area contributed by atoms with E-state index in [4.69, 9.17) is 0 Å². The van der Waals surface area contributed by atoms with Crippen LogP contribution in [0.4, 0.5) is 0 Å². The molecule has 0 aromatic carbocycles. The second-order valence-electron chi connectivity index (χ2n) is 5.81. The summed E-state index contributed by atoms with van der Waals surface area (Å²) in [5.41, 5.74) is -0.984. The largest absolute Gasteiger partial charge is 0.481 e. The molecule has 118 valence electrons. The van der Waals surface area contributed by atoms with Crippen LogP contribution in [0.15, 0.2) is 0 Å². The van der Waals surface area contributed by atoms with Crippen molar-refractivity contribution in [1.29, 1.82) is 0 Å². The average Bonchev–Trinajstić information content (AvgIpc) is 2.37. The predicted octanol–water partition coefficient (Wildman–Crippen LogP) is 3.16. The molecular weight excluding hydrogens is 274 g/mol. The highest BCUT2D eigenvalue weighted by Crippen LogP contribution is 2.31. The van der Waals surface area contributed by atoms with Crippen LogP contribution in [0.25, 0.3) is 0 Å². The number of rotatable bonds is 11. The van der Waals surface area contributed by atoms with Crippen LogP contribution < -0.4 is 5.32 Å². The van der Waals surface area contributed by atoms with Gasteiger partial charge in [-0.3, -0.25) is 9.59 Å². The Morgan fingerprint density at radius 2 is 1.80 bits per heavy atom. The maximum Gasteiger partial charge on any atom is 0.310 e. The van der Waals surface area contributed by atoms with E-state index in [2.05, 4.69) is 11.6 Å². The van der Waals surface area contributed by atoms with E-state index in [-0.39, 0.29) is 18.2 Å². The first-order valence-electron chi connectivity index (χ1n) is 7.33. The number of carboxylic acid groups (broad SMARTS) is 1. The summed E-state index contributed by atoms with van der Waals surface area (Å²) in [5.74, 6) is 0.0577. The highest BCUT2D eigenvalue weighted by atomic mass is 32.2. The Labute approximate surface area is 127 Å². The molecule has 0 heterocycles. The van der Waals surface area contributed by atoms with Gasteiger partial charge in [0.15, 0.2) is 0 Å². The summed E-state index contributed by atoms with van der Waals surface area (Å²) in [6.45, 7) is 5.97. The summed E-state index contributed by atoms with van der Waals surface area (Å²) in [5, 5.41) is 12.1. The van der Waals surface area contributed by atoms with Crippen molar-refractivity contribution in [1.82, 2.24) is 5.32 Å². The van der Waals surface area contributed by atoms with Crippen molar-refractivity contribution >= 4 is 23.6 Å². The summed E-state index contributed by atoms with van der Waals surface area (Å²) in [7, 11) is 0. The van der Waals surface area contributed by atoms with Gasteiger partial charge in [0, 0.05) is 13.0 Å². The van der Waals surface area contributed by atoms with Crippen LogP contribution >= 0.6 is 11.8 Å². The second kappa shape index (κ2) is 10.1. The molecule has 0 rings (SSSR count). The molecule has 0 fully saturated rings. The van der Waals surface area contributed by atoms with Crippen LogP contribution in [-0.4, -0.2) is 35.5 Å². The molecule has 0 aliphatic heterocycles. The Kier molecular flexibility index (Phi) is 9.72. The lowest BCUT2D eigenvalue weighted by molar-refractivity contribution is -0.153. The molecule has 1 amide bonds. The first kappa shape index (κ1) is 19.3. The van der Waals surface area contributed by atoms with E-state index in [0.29, 0.717) is 6.54 Å². The summed E-state index contributed by atoms with van der Waals surface area (Å²) in [6.07, 6.45) is 6.64. The molecule has 0 saturated carbocycles. The van der Waals surface area contributed by atoms with Crippen molar-refractivity contribution in [3.05, 3.63) is 0 Å². The van der Waals surface area contributed by atoms with Gasteiger partial charge in [-0.2, -0.15) is 11.8 Å². The number of nitrogens with one attached hydrogen (secondary N) is 1. The number of carbonyl (C=O) groups excluding carboxylic acids is 1. The van der Waals surface area contributed by atoms with Gasteiger partial charge in [0.25, 0.3) is 0 Å². The molecule has 0 aliphatic rings. The number of carboxylic acids is 1. The molecule has 20 heavy (non-hydrogen) atoms. The van der Waals surface area contributed by atoms with Crippen LogP contribution in [0.5, 0.6) is 0 Å². The standard InChI is InChI=1S/C15H29NO3S/c1-12(2)15(3,14(18)19)11-13(17)16-9-7-5-6-8-10-20-4/h12H,5-11H2,1-4H3,(H,16,17)(H,18,19). The monoisotopic (exact) mass is 303 g/mol. The zero-order valence-corrected chi connectivity index (χ0v) is 14.0. The van der Waals surface area contributed by atoms with E-state index in [0.717, 1.165) is 12.8 Å². The Bertz CT molecular complexity index is 307. The molecule has 5 heteroatoms. The Morgan fingerprint density at radius 1 is 1.20 bits per heavy atom. The van der Waals surface area contributed by atoms with E-state index in [1.54, 1.807) is 6.92 Å². The fourth-order valence-electron chi connectivity index (χ4n) is 1.88. The van der Waals surface area contributed by atoms with Crippen molar-refractivity contribution in [3.63, 3.8) is 0 Å². The van der Waals surface area contributed by atoms with Gasteiger partial charge in [-0.15, -0.1) is 0 Å². The third-order valence-corrected chi connectivity index (χ3v) is 4.58. The lowest BCUT2D eigenvalue weighted by atomic mass is 9.76. The minimum Gasteiger partial charge on any atom is -0.481 e. The van der Waals surface area contributed by atoms with Crippen LogP contribution in [0.1, 0.15) is 52.9 Å². The molecule has 0 aromatic rings. The van der Waals surface area contributed by atoms with Crippen molar-refractivity contribution in [2.75, 3.05) is 18.6 Å². The van der Waals surface area contributed by atoms with E-state index in [1.165, 1.54) is 18.6 Å². The highest BCUT2D eigenvalue weighted by molar-refractivity contribution is 7.98. The molecule has 1 atom stereocenters. The van der Waals surface area contributed by atoms with Gasteiger partial charge in [-0.25, -0.2) is 0 Å². The van der Waals surface area contributed by atoms with Crippen molar-refractivity contribution in [3.8, 4) is 0 Å². The highest BCUT2D eigenvalue weighted by Gasteiger charge is 2.38. The SMILES string of the molecule is CSCCCCCCNC(=O)CC(C)(C(=O)O)C(C)C. The number of hydrogen-bond donors (Lipinski definition) is 2. The van der Waals surface area contributed by atoms with Gasteiger partial charge in [0.1, 0.15) is 0 Å². The third kappa shape index (κ3) is 7.17. The number of carbonyl (C=O) groups is 2. The van der Waals surface area contributed by atoms with Gasteiger partial charge < -0.3 is 10.4 Å². The lowest BCUT2D eigenvalue weighted by Gasteiger charge is -2.28. The molecule has 0 aromatic heterocycles. The topological polar surface area (TPSA) is 66.4 Å². The van der Waals surface area contributed by atoms with Gasteiger partial charge >= 0.3 is 5.97 Å². The molecule has 4 nitrogen and oxygen atoms in total. The second-order valence-corrected chi connectivity index (χ2v) is 6.80. The van der Waals surface area contributed by atoms with E-state index >= 15 is 0 Å². The Balaban J connectivity index is 3.90. The fourth-order valence-corrected chi connectivity index (χ4v) is 2.37. The molecular formula is C15H29NO3S. The average molecular weight is 303 g/mol. The first-order valence-corrected chi connectivity index (χ1v) is 8.73. The fraction of sp³-hybridized carbons (Fsp3) is 0.867. The lowest BCUT2D eigenvalue weighted by Crippen LogP contribution is -2.39. The van der Waals surface area contributed by atoms with E-state index in [9.17, 15) is 14.7 Å². The Morgan fingerprint density at radius 3 is 2.30 bits per heavy atom. The van der Waals surface area contributed by atoms with Gasteiger partial charge in [-0.05, 0) is 37.7 Å².